The molecule has 15 rings (SSSR count). The molecule has 0 aliphatic heterocycles. The van der Waals surface area contributed by atoms with Crippen LogP contribution in [0, 0.1) is 0 Å². The summed E-state index contributed by atoms with van der Waals surface area (Å²) in [7, 11) is 0. The number of fused-ring (bicyclic) bond motifs is 14. The molecule has 0 spiro atoms. The molecule has 2 heteroatoms. The van der Waals surface area contributed by atoms with E-state index < -0.39 is 0 Å². The molecule has 100 heavy (non-hydrogen) atoms. The Hall–Kier alpha value is -8.98. The molecule has 0 saturated heterocycles. The molecule has 0 N–H and O–H groups in total. The van der Waals surface area contributed by atoms with Crippen LogP contribution in [0.4, 0.5) is 0 Å². The van der Waals surface area contributed by atoms with E-state index in [9.17, 15) is 0 Å². The van der Waals surface area contributed by atoms with Crippen LogP contribution in [0.3, 0.4) is 0 Å². The summed E-state index contributed by atoms with van der Waals surface area (Å²) in [4.78, 5) is 0. The molecule has 0 fully saturated rings. The predicted molar refractivity (Wildman–Crippen MR) is 438 cm³/mol. The van der Waals surface area contributed by atoms with Gasteiger partial charge in [-0.2, -0.15) is 0 Å². The standard InChI is InChI=1S/C98H104N2/c1-91(2,3)63-43-59(44-64(53-63)92(4,5)6)71-33-29-34-72(60-45-65(93(7,8)9)54-66(46-60)94(10,11)12)83(71)57-39-41-81-77(51-57)87-85-75-31-25-28-38-80(75)100-82-42-40-58(52-78(82)88(90(85)100)86-76-32-26-27-37-79(76)99(81)89(86)87)84-73(61-47-67(95(13,14)15)55-68(48-61)96(16,17)18)35-30-36-74(84)62-49-69(97(19,20)21)56-70(50-62)98(22,23)24/h25-56H,1-24H3. The van der Waals surface area contributed by atoms with Crippen LogP contribution in [-0.2, 0) is 43.3 Å². The average molecular weight is 1310 g/mol. The quantitative estimate of drug-likeness (QED) is 0.157. The SMILES string of the molecule is CC(C)(C)c1cc(-c2cccc(-c3cc(C(C)(C)C)cc(C(C)(C)C)c3)c2-c2ccc3c(c2)c2c4c5ccccc5n5c6ccc(-c7c(-c8cc(C(C)(C)C)cc(C(C)(C)C)c8)cccc7-c7cc(C(C)(C)C)cc(C(C)(C)C)c7)cc6c(c6c7ccccc7n3c62)c45)cc(C(C)(C)C)c1. The van der Waals surface area contributed by atoms with Crippen LogP contribution in [0.1, 0.15) is 211 Å². The van der Waals surface area contributed by atoms with E-state index in [1.165, 1.54) is 187 Å². The third kappa shape index (κ3) is 10.9. The second kappa shape index (κ2) is 22.3. The van der Waals surface area contributed by atoms with Crippen LogP contribution < -0.4 is 0 Å². The normalized spacial score (nSPS) is 13.6. The van der Waals surface area contributed by atoms with Crippen LogP contribution in [0.5, 0.6) is 0 Å². The van der Waals surface area contributed by atoms with Crippen LogP contribution in [-0.4, -0.2) is 8.80 Å². The fraction of sp³-hybridized carbons (Fsp3) is 0.327. The first-order valence-electron chi connectivity index (χ1n) is 36.9. The lowest BCUT2D eigenvalue weighted by Gasteiger charge is -2.28. The lowest BCUT2D eigenvalue weighted by Crippen LogP contribution is -2.17. The van der Waals surface area contributed by atoms with E-state index >= 15 is 0 Å². The number of para-hydroxylation sites is 2. The molecule has 4 aromatic heterocycles. The lowest BCUT2D eigenvalue weighted by molar-refractivity contribution is 0.568. The highest BCUT2D eigenvalue weighted by atomic mass is 14.9. The number of aromatic nitrogens is 2. The summed E-state index contributed by atoms with van der Waals surface area (Å²) in [5, 5.41) is 10.3. The summed E-state index contributed by atoms with van der Waals surface area (Å²) in [6.45, 7) is 56.7. The van der Waals surface area contributed by atoms with Crippen LogP contribution in [0.15, 0.2) is 194 Å². The first-order valence-corrected chi connectivity index (χ1v) is 36.9. The zero-order valence-electron chi connectivity index (χ0n) is 64.4. The van der Waals surface area contributed by atoms with Gasteiger partial charge in [0.05, 0.1) is 33.1 Å². The van der Waals surface area contributed by atoms with Crippen molar-refractivity contribution in [1.82, 2.24) is 8.80 Å². The Balaban J connectivity index is 1.07. The summed E-state index contributed by atoms with van der Waals surface area (Å²) >= 11 is 0. The van der Waals surface area contributed by atoms with Gasteiger partial charge in [-0.25, -0.2) is 0 Å². The fourth-order valence-corrected chi connectivity index (χ4v) is 16.2. The predicted octanol–water partition coefficient (Wildman–Crippen LogP) is 28.4. The maximum atomic E-state index is 2.64. The van der Waals surface area contributed by atoms with Crippen molar-refractivity contribution in [1.29, 1.82) is 0 Å². The van der Waals surface area contributed by atoms with E-state index in [0.29, 0.717) is 0 Å². The van der Waals surface area contributed by atoms with Gasteiger partial charge in [0.25, 0.3) is 0 Å². The van der Waals surface area contributed by atoms with Gasteiger partial charge in [-0.15, -0.1) is 0 Å². The first kappa shape index (κ1) is 66.9. The maximum absolute atomic E-state index is 2.64. The van der Waals surface area contributed by atoms with E-state index in [1.54, 1.807) is 0 Å². The second-order valence-corrected chi connectivity index (χ2v) is 38.0. The Morgan fingerprint density at radius 1 is 0.190 bits per heavy atom. The van der Waals surface area contributed by atoms with Gasteiger partial charge in [0, 0.05) is 43.1 Å². The third-order valence-electron chi connectivity index (χ3n) is 22.3. The molecule has 0 amide bonds. The van der Waals surface area contributed by atoms with Gasteiger partial charge in [0.2, 0.25) is 0 Å². The number of benzene rings is 11. The smallest absolute Gasteiger partial charge is 0.0634 e. The molecule has 0 atom stereocenters. The van der Waals surface area contributed by atoms with Gasteiger partial charge in [0.1, 0.15) is 0 Å². The zero-order valence-corrected chi connectivity index (χ0v) is 64.4. The number of nitrogens with zero attached hydrogens (tertiary/aromatic N) is 2. The second-order valence-electron chi connectivity index (χ2n) is 38.0. The monoisotopic (exact) mass is 1310 g/mol. The highest BCUT2D eigenvalue weighted by Crippen LogP contribution is 2.55. The van der Waals surface area contributed by atoms with Crippen molar-refractivity contribution < 1.29 is 0 Å². The molecule has 0 aliphatic rings. The third-order valence-corrected chi connectivity index (χ3v) is 22.3. The summed E-state index contributed by atoms with van der Waals surface area (Å²) < 4.78 is 5.27. The molecule has 0 unspecified atom stereocenters. The van der Waals surface area contributed by atoms with Crippen molar-refractivity contribution in [2.45, 2.75) is 209 Å². The van der Waals surface area contributed by atoms with Crippen molar-refractivity contribution in [2.75, 3.05) is 0 Å². The van der Waals surface area contributed by atoms with Gasteiger partial charge in [0.15, 0.2) is 0 Å². The van der Waals surface area contributed by atoms with E-state index in [-0.39, 0.29) is 43.3 Å². The van der Waals surface area contributed by atoms with Crippen molar-refractivity contribution in [3.63, 3.8) is 0 Å². The molecule has 506 valence electrons. The van der Waals surface area contributed by atoms with Gasteiger partial charge < -0.3 is 8.80 Å². The summed E-state index contributed by atoms with van der Waals surface area (Å²) in [6.07, 6.45) is 0. The molecule has 0 bridgehead atoms. The number of hydrogen-bond acceptors (Lipinski definition) is 0. The molecule has 0 radical (unpaired) electrons. The van der Waals surface area contributed by atoms with E-state index in [1.807, 2.05) is 0 Å². The molecular formula is C98H104N2. The maximum Gasteiger partial charge on any atom is 0.0634 e. The minimum absolute atomic E-state index is 0.0646. The fourth-order valence-electron chi connectivity index (χ4n) is 16.2. The van der Waals surface area contributed by atoms with Gasteiger partial charge >= 0.3 is 0 Å². The largest absolute Gasteiger partial charge is 0.308 e. The number of hydrogen-bond donors (Lipinski definition) is 0. The minimum Gasteiger partial charge on any atom is -0.308 e. The summed E-state index contributed by atoms with van der Waals surface area (Å²) in [5.41, 5.74) is 32.7. The van der Waals surface area contributed by atoms with Crippen LogP contribution in [0.2, 0.25) is 0 Å². The van der Waals surface area contributed by atoms with Crippen molar-refractivity contribution in [2.24, 2.45) is 0 Å². The molecule has 15 aromatic rings. The number of rotatable bonds is 6. The Bertz CT molecular complexity index is 5150. The highest BCUT2D eigenvalue weighted by molar-refractivity contribution is 6.45. The molecular weight excluding hydrogens is 1210 g/mol. The lowest BCUT2D eigenvalue weighted by atomic mass is 9.76. The molecule has 0 saturated carbocycles. The minimum atomic E-state index is -0.0646. The highest BCUT2D eigenvalue weighted by Gasteiger charge is 2.33. The first-order chi connectivity index (χ1) is 46.6. The Labute approximate surface area is 596 Å². The summed E-state index contributed by atoms with van der Waals surface area (Å²) in [5.74, 6) is 0. The average Bonchev–Trinajstić information content (AvgIpc) is 1.49. The zero-order chi connectivity index (χ0) is 71.4. The van der Waals surface area contributed by atoms with Gasteiger partial charge in [-0.1, -0.05) is 324 Å². The van der Waals surface area contributed by atoms with Crippen molar-refractivity contribution >= 4 is 76.2 Å². The van der Waals surface area contributed by atoms with Gasteiger partial charge in [-0.05, 0) is 191 Å². The Kier molecular flexibility index (Phi) is 14.9. The van der Waals surface area contributed by atoms with Gasteiger partial charge in [-0.3, -0.25) is 0 Å². The molecule has 2 nitrogen and oxygen atoms in total. The van der Waals surface area contributed by atoms with E-state index in [2.05, 4.69) is 369 Å². The molecule has 11 aromatic carbocycles. The van der Waals surface area contributed by atoms with Crippen LogP contribution >= 0.6 is 0 Å². The molecule has 4 heterocycles. The van der Waals surface area contributed by atoms with Crippen molar-refractivity contribution in [3.05, 3.63) is 239 Å². The van der Waals surface area contributed by atoms with E-state index in [0.717, 1.165) is 0 Å². The van der Waals surface area contributed by atoms with Crippen molar-refractivity contribution in [3.8, 4) is 66.8 Å². The Morgan fingerprint density at radius 3 is 0.650 bits per heavy atom. The summed E-state index contributed by atoms with van der Waals surface area (Å²) in [6, 6.07) is 77.6. The Morgan fingerprint density at radius 2 is 0.410 bits per heavy atom. The molecule has 0 aliphatic carbocycles. The van der Waals surface area contributed by atoms with E-state index in [4.69, 9.17) is 0 Å². The van der Waals surface area contributed by atoms with Crippen LogP contribution in [0.25, 0.3) is 143 Å². The topological polar surface area (TPSA) is 8.82 Å².